The van der Waals surface area contributed by atoms with Gasteiger partial charge >= 0.3 is 0 Å². The molecule has 0 aliphatic heterocycles. The lowest BCUT2D eigenvalue weighted by atomic mass is 10.0. The molecule has 0 radical (unpaired) electrons. The van der Waals surface area contributed by atoms with Crippen LogP contribution in [-0.2, 0) is 0 Å². The van der Waals surface area contributed by atoms with Crippen molar-refractivity contribution in [1.82, 2.24) is 24.9 Å². The molecule has 0 aliphatic carbocycles. The van der Waals surface area contributed by atoms with Gasteiger partial charge in [-0.1, -0.05) is 90.5 Å². The molecule has 0 bridgehead atoms. The first-order chi connectivity index (χ1) is 21.2. The van der Waals surface area contributed by atoms with Gasteiger partial charge in [-0.2, -0.15) is 0 Å². The predicted octanol–water partition coefficient (Wildman–Crippen LogP) is 8.97. The van der Waals surface area contributed by atoms with Gasteiger partial charge in [-0.3, -0.25) is 9.97 Å². The van der Waals surface area contributed by atoms with Gasteiger partial charge in [0.2, 0.25) is 0 Å². The van der Waals surface area contributed by atoms with Crippen LogP contribution in [0.2, 0.25) is 0 Å². The van der Waals surface area contributed by atoms with Crippen LogP contribution in [-0.4, -0.2) is 24.9 Å². The minimum atomic E-state index is 0.618. The van der Waals surface area contributed by atoms with E-state index >= 15 is 0 Å². The Morgan fingerprint density at radius 1 is 0.326 bits per heavy atom. The summed E-state index contributed by atoms with van der Waals surface area (Å²) in [4.78, 5) is 23.3. The molecular weight excluding hydrogens is 526 g/mol. The molecule has 3 aromatic heterocycles. The van der Waals surface area contributed by atoms with E-state index in [2.05, 4.69) is 89.7 Å². The lowest BCUT2D eigenvalue weighted by molar-refractivity contribution is 1.07. The highest BCUT2D eigenvalue weighted by molar-refractivity contribution is 5.75. The van der Waals surface area contributed by atoms with Crippen LogP contribution in [0.15, 0.2) is 146 Å². The Hall–Kier alpha value is -5.81. The molecule has 5 heteroatoms. The number of rotatable bonds is 6. The summed E-state index contributed by atoms with van der Waals surface area (Å²) < 4.78 is 0. The van der Waals surface area contributed by atoms with E-state index in [4.69, 9.17) is 15.0 Å². The van der Waals surface area contributed by atoms with Crippen molar-refractivity contribution in [3.63, 3.8) is 0 Å². The predicted molar refractivity (Wildman–Crippen MR) is 173 cm³/mol. The number of nitrogens with zero attached hydrogens (tertiary/aromatic N) is 5. The molecule has 43 heavy (non-hydrogen) atoms. The zero-order chi connectivity index (χ0) is 29.0. The molecule has 0 saturated heterocycles. The Balaban J connectivity index is 1.34. The van der Waals surface area contributed by atoms with Crippen LogP contribution in [0.4, 0.5) is 0 Å². The number of benzene rings is 4. The van der Waals surface area contributed by atoms with Gasteiger partial charge in [0.05, 0.1) is 0 Å². The fourth-order valence-electron chi connectivity index (χ4n) is 5.09. The van der Waals surface area contributed by atoms with Crippen molar-refractivity contribution in [3.05, 3.63) is 152 Å². The average molecular weight is 554 g/mol. The van der Waals surface area contributed by atoms with Crippen LogP contribution in [0.3, 0.4) is 0 Å². The lowest BCUT2D eigenvalue weighted by Gasteiger charge is -2.11. The number of aryl methyl sites for hydroxylation is 1. The molecule has 0 fully saturated rings. The average Bonchev–Trinajstić information content (AvgIpc) is 3.09. The number of hydrogen-bond donors (Lipinski definition) is 0. The summed E-state index contributed by atoms with van der Waals surface area (Å²) in [5.74, 6) is 1.86. The third kappa shape index (κ3) is 5.69. The van der Waals surface area contributed by atoms with Gasteiger partial charge in [0.1, 0.15) is 0 Å². The van der Waals surface area contributed by atoms with E-state index in [-0.39, 0.29) is 0 Å². The normalized spacial score (nSPS) is 10.9. The Kier molecular flexibility index (Phi) is 7.04. The van der Waals surface area contributed by atoms with Crippen LogP contribution in [0.5, 0.6) is 0 Å². The molecule has 7 rings (SSSR count). The highest BCUT2D eigenvalue weighted by Crippen LogP contribution is 2.30. The second kappa shape index (κ2) is 11.6. The maximum atomic E-state index is 5.00. The van der Waals surface area contributed by atoms with Crippen molar-refractivity contribution in [1.29, 1.82) is 0 Å². The maximum absolute atomic E-state index is 5.00. The van der Waals surface area contributed by atoms with Gasteiger partial charge in [0.25, 0.3) is 0 Å². The molecular formula is C38H27N5. The number of hydrogen-bond acceptors (Lipinski definition) is 5. The van der Waals surface area contributed by atoms with E-state index in [0.717, 1.165) is 44.5 Å². The van der Waals surface area contributed by atoms with Crippen LogP contribution in [0.1, 0.15) is 5.56 Å². The van der Waals surface area contributed by atoms with E-state index in [9.17, 15) is 0 Å². The third-order valence-electron chi connectivity index (χ3n) is 7.43. The highest BCUT2D eigenvalue weighted by Gasteiger charge is 2.14. The van der Waals surface area contributed by atoms with Crippen molar-refractivity contribution in [2.45, 2.75) is 6.92 Å². The van der Waals surface area contributed by atoms with Gasteiger partial charge in [-0.25, -0.2) is 15.0 Å². The molecule has 5 nitrogen and oxygen atoms in total. The summed E-state index contributed by atoms with van der Waals surface area (Å²) in [6, 6.07) is 41.6. The SMILES string of the molecule is Cc1ccc(-c2ccc(-c3nc(-c4cccc(-c5ccncc5)c4)nc(-c4cccc(-c5ccncc5)c4)n3)cc2)cc1. The molecule has 0 N–H and O–H groups in total. The van der Waals surface area contributed by atoms with Gasteiger partial charge in [-0.05, 0) is 76.7 Å². The standard InChI is InChI=1S/C38H27N5/c1-26-8-10-27(11-9-26)28-12-14-31(15-13-28)36-41-37(34-6-2-4-32(24-34)29-16-20-39-21-17-29)43-38(42-36)35-7-3-5-33(25-35)30-18-22-40-23-19-30/h2-25H,1H3. The first-order valence-corrected chi connectivity index (χ1v) is 14.1. The van der Waals surface area contributed by atoms with Crippen LogP contribution >= 0.6 is 0 Å². The zero-order valence-corrected chi connectivity index (χ0v) is 23.6. The fourth-order valence-corrected chi connectivity index (χ4v) is 5.09. The molecule has 0 atom stereocenters. The Labute approximate surface area is 250 Å². The number of aromatic nitrogens is 5. The summed E-state index contributed by atoms with van der Waals surface area (Å²) in [6.07, 6.45) is 7.21. The van der Waals surface area contributed by atoms with Gasteiger partial charge in [-0.15, -0.1) is 0 Å². The molecule has 0 amide bonds. The van der Waals surface area contributed by atoms with Gasteiger partial charge in [0, 0.05) is 41.5 Å². The molecule has 3 heterocycles. The zero-order valence-electron chi connectivity index (χ0n) is 23.6. The van der Waals surface area contributed by atoms with Crippen LogP contribution < -0.4 is 0 Å². The van der Waals surface area contributed by atoms with E-state index < -0.39 is 0 Å². The van der Waals surface area contributed by atoms with Crippen LogP contribution in [0.25, 0.3) is 67.5 Å². The Morgan fingerprint density at radius 3 is 1.14 bits per heavy atom. The van der Waals surface area contributed by atoms with E-state index in [0.29, 0.717) is 17.5 Å². The molecule has 7 aromatic rings. The van der Waals surface area contributed by atoms with Crippen molar-refractivity contribution in [2.75, 3.05) is 0 Å². The quantitative estimate of drug-likeness (QED) is 0.206. The smallest absolute Gasteiger partial charge is 0.164 e. The summed E-state index contributed by atoms with van der Waals surface area (Å²) in [5, 5.41) is 0. The van der Waals surface area contributed by atoms with E-state index in [1.54, 1.807) is 24.8 Å². The first kappa shape index (κ1) is 26.1. The molecule has 0 aliphatic rings. The fraction of sp³-hybridized carbons (Fsp3) is 0.0263. The summed E-state index contributed by atoms with van der Waals surface area (Å²) in [6.45, 7) is 2.10. The van der Waals surface area contributed by atoms with E-state index in [1.807, 2.05) is 48.5 Å². The highest BCUT2D eigenvalue weighted by atomic mass is 15.0. The minimum absolute atomic E-state index is 0.618. The van der Waals surface area contributed by atoms with Crippen molar-refractivity contribution in [2.24, 2.45) is 0 Å². The summed E-state index contributed by atoms with van der Waals surface area (Å²) in [7, 11) is 0. The largest absolute Gasteiger partial charge is 0.265 e. The summed E-state index contributed by atoms with van der Waals surface area (Å²) in [5.41, 5.74) is 10.6. The maximum Gasteiger partial charge on any atom is 0.164 e. The minimum Gasteiger partial charge on any atom is -0.265 e. The van der Waals surface area contributed by atoms with Crippen molar-refractivity contribution >= 4 is 0 Å². The second-order valence-electron chi connectivity index (χ2n) is 10.4. The van der Waals surface area contributed by atoms with E-state index in [1.165, 1.54) is 11.1 Å². The Bertz CT molecular complexity index is 1900. The topological polar surface area (TPSA) is 64.5 Å². The molecule has 0 unspecified atom stereocenters. The molecule has 204 valence electrons. The summed E-state index contributed by atoms with van der Waals surface area (Å²) >= 11 is 0. The first-order valence-electron chi connectivity index (χ1n) is 14.1. The number of pyridine rings is 2. The molecule has 0 saturated carbocycles. The van der Waals surface area contributed by atoms with Gasteiger partial charge in [0.15, 0.2) is 17.5 Å². The molecule has 0 spiro atoms. The molecule has 4 aromatic carbocycles. The lowest BCUT2D eigenvalue weighted by Crippen LogP contribution is -2.00. The van der Waals surface area contributed by atoms with Crippen molar-refractivity contribution < 1.29 is 0 Å². The van der Waals surface area contributed by atoms with Gasteiger partial charge < -0.3 is 0 Å². The Morgan fingerprint density at radius 2 is 0.674 bits per heavy atom. The van der Waals surface area contributed by atoms with Crippen LogP contribution in [0, 0.1) is 6.92 Å². The second-order valence-corrected chi connectivity index (χ2v) is 10.4. The monoisotopic (exact) mass is 553 g/mol. The third-order valence-corrected chi connectivity index (χ3v) is 7.43. The van der Waals surface area contributed by atoms with Crippen molar-refractivity contribution in [3.8, 4) is 67.5 Å².